The van der Waals surface area contributed by atoms with E-state index in [0.29, 0.717) is 23.4 Å². The Kier molecular flexibility index (Phi) is 4.13. The maximum atomic E-state index is 13.5. The number of nitrogens with one attached hydrogen (secondary N) is 2. The van der Waals surface area contributed by atoms with Crippen molar-refractivity contribution in [2.24, 2.45) is 5.84 Å². The third kappa shape index (κ3) is 3.14. The van der Waals surface area contributed by atoms with Crippen molar-refractivity contribution in [2.45, 2.75) is 6.92 Å². The third-order valence-corrected chi connectivity index (χ3v) is 2.90. The Hall–Kier alpha value is -2.54. The quantitative estimate of drug-likeness (QED) is 0.463. The number of amides is 1. The lowest BCUT2D eigenvalue weighted by atomic mass is 10.1. The highest BCUT2D eigenvalue weighted by Crippen LogP contribution is 2.20. The molecule has 0 aliphatic rings. The van der Waals surface area contributed by atoms with E-state index < -0.39 is 29.0 Å². The summed E-state index contributed by atoms with van der Waals surface area (Å²) in [7, 11) is 0. The SMILES string of the molecule is Cc1cc(C(=O)Nc2cc(F)c(F)cc2F)ccc1NN. The number of nitrogen functional groups attached to an aromatic ring is 1. The van der Waals surface area contributed by atoms with Gasteiger partial charge in [-0.05, 0) is 30.7 Å². The molecule has 21 heavy (non-hydrogen) atoms. The summed E-state index contributed by atoms with van der Waals surface area (Å²) in [5.41, 5.74) is 3.58. The smallest absolute Gasteiger partial charge is 0.255 e. The van der Waals surface area contributed by atoms with Crippen LogP contribution in [0.5, 0.6) is 0 Å². The molecule has 7 heteroatoms. The molecule has 0 aromatic heterocycles. The van der Waals surface area contributed by atoms with Crippen molar-refractivity contribution < 1.29 is 18.0 Å². The second kappa shape index (κ2) is 5.84. The minimum absolute atomic E-state index is 0.232. The zero-order valence-corrected chi connectivity index (χ0v) is 11.0. The van der Waals surface area contributed by atoms with Gasteiger partial charge in [0.2, 0.25) is 0 Å². The first-order chi connectivity index (χ1) is 9.92. The van der Waals surface area contributed by atoms with E-state index in [4.69, 9.17) is 5.84 Å². The van der Waals surface area contributed by atoms with E-state index in [9.17, 15) is 18.0 Å². The molecule has 0 bridgehead atoms. The Balaban J connectivity index is 2.26. The zero-order valence-electron chi connectivity index (χ0n) is 11.0. The fraction of sp³-hybridized carbons (Fsp3) is 0.0714. The molecule has 0 spiro atoms. The van der Waals surface area contributed by atoms with Gasteiger partial charge >= 0.3 is 0 Å². The van der Waals surface area contributed by atoms with Gasteiger partial charge in [-0.15, -0.1) is 0 Å². The van der Waals surface area contributed by atoms with Gasteiger partial charge in [0.25, 0.3) is 5.91 Å². The van der Waals surface area contributed by atoms with E-state index in [1.54, 1.807) is 13.0 Å². The van der Waals surface area contributed by atoms with Gasteiger partial charge in [-0.1, -0.05) is 0 Å². The number of carbonyl (C=O) groups is 1. The van der Waals surface area contributed by atoms with Gasteiger partial charge < -0.3 is 10.7 Å². The number of hydrogen-bond donors (Lipinski definition) is 3. The highest BCUT2D eigenvalue weighted by Gasteiger charge is 2.14. The molecule has 2 aromatic rings. The van der Waals surface area contributed by atoms with E-state index >= 15 is 0 Å². The van der Waals surface area contributed by atoms with Gasteiger partial charge in [-0.3, -0.25) is 10.6 Å². The van der Waals surface area contributed by atoms with E-state index in [0.717, 1.165) is 0 Å². The van der Waals surface area contributed by atoms with Gasteiger partial charge in [0.15, 0.2) is 11.6 Å². The molecule has 0 radical (unpaired) electrons. The van der Waals surface area contributed by atoms with Crippen molar-refractivity contribution in [1.82, 2.24) is 0 Å². The predicted octanol–water partition coefficient (Wildman–Crippen LogP) is 2.95. The first-order valence-corrected chi connectivity index (χ1v) is 5.95. The number of hydrazine groups is 1. The molecular formula is C14H12F3N3O. The molecule has 110 valence electrons. The highest BCUT2D eigenvalue weighted by atomic mass is 19.2. The summed E-state index contributed by atoms with van der Waals surface area (Å²) in [5.74, 6) is 1.01. The standard InChI is InChI=1S/C14H12F3N3O/c1-7-4-8(2-3-12(7)20-18)14(21)19-13-6-10(16)9(15)5-11(13)17/h2-6,20H,18H2,1H3,(H,19,21). The fourth-order valence-corrected chi connectivity index (χ4v) is 1.78. The van der Waals surface area contributed by atoms with Crippen molar-refractivity contribution in [1.29, 1.82) is 0 Å². The van der Waals surface area contributed by atoms with Gasteiger partial charge in [-0.2, -0.15) is 0 Å². The van der Waals surface area contributed by atoms with Crippen molar-refractivity contribution in [2.75, 3.05) is 10.7 Å². The Morgan fingerprint density at radius 1 is 1.00 bits per heavy atom. The van der Waals surface area contributed by atoms with E-state index in [1.165, 1.54) is 12.1 Å². The first-order valence-electron chi connectivity index (χ1n) is 5.95. The average Bonchev–Trinajstić information content (AvgIpc) is 2.44. The van der Waals surface area contributed by atoms with E-state index in [-0.39, 0.29) is 5.56 Å². The molecule has 4 N–H and O–H groups in total. The maximum Gasteiger partial charge on any atom is 0.255 e. The van der Waals surface area contributed by atoms with Crippen LogP contribution < -0.4 is 16.6 Å². The molecule has 0 atom stereocenters. The molecule has 4 nitrogen and oxygen atoms in total. The number of aryl methyl sites for hydroxylation is 1. The Morgan fingerprint density at radius 3 is 2.29 bits per heavy atom. The summed E-state index contributed by atoms with van der Waals surface area (Å²) in [6.45, 7) is 1.73. The summed E-state index contributed by atoms with van der Waals surface area (Å²) in [5, 5.41) is 2.19. The summed E-state index contributed by atoms with van der Waals surface area (Å²) in [6.07, 6.45) is 0. The number of hydrogen-bond acceptors (Lipinski definition) is 3. The van der Waals surface area contributed by atoms with Gasteiger partial charge in [0.05, 0.1) is 11.4 Å². The minimum atomic E-state index is -1.32. The van der Waals surface area contributed by atoms with Crippen LogP contribution in [0.15, 0.2) is 30.3 Å². The molecule has 0 aliphatic carbocycles. The number of benzene rings is 2. The van der Waals surface area contributed by atoms with Crippen molar-refractivity contribution >= 4 is 17.3 Å². The first kappa shape index (κ1) is 14.9. The highest BCUT2D eigenvalue weighted by molar-refractivity contribution is 6.04. The molecule has 0 unspecified atom stereocenters. The van der Waals surface area contributed by atoms with Crippen LogP contribution in [0, 0.1) is 24.4 Å². The third-order valence-electron chi connectivity index (χ3n) is 2.90. The monoisotopic (exact) mass is 295 g/mol. The number of carbonyl (C=O) groups excluding carboxylic acids is 1. The lowest BCUT2D eigenvalue weighted by Crippen LogP contribution is -2.15. The van der Waals surface area contributed by atoms with Crippen LogP contribution in [0.3, 0.4) is 0 Å². The van der Waals surface area contributed by atoms with Gasteiger partial charge in [-0.25, -0.2) is 13.2 Å². The summed E-state index contributed by atoms with van der Waals surface area (Å²) < 4.78 is 39.3. The van der Waals surface area contributed by atoms with Gasteiger partial charge in [0, 0.05) is 17.7 Å². The zero-order chi connectivity index (χ0) is 15.6. The normalized spacial score (nSPS) is 10.3. The number of anilines is 2. The second-order valence-electron chi connectivity index (χ2n) is 4.37. The number of nitrogens with two attached hydrogens (primary N) is 1. The predicted molar refractivity (Wildman–Crippen MR) is 73.3 cm³/mol. The Labute approximate surface area is 118 Å². The average molecular weight is 295 g/mol. The van der Waals surface area contributed by atoms with Crippen molar-refractivity contribution in [3.05, 3.63) is 58.9 Å². The van der Waals surface area contributed by atoms with Crippen molar-refractivity contribution in [3.63, 3.8) is 0 Å². The summed E-state index contributed by atoms with van der Waals surface area (Å²) in [4.78, 5) is 12.0. The van der Waals surface area contributed by atoms with Gasteiger partial charge in [0.1, 0.15) is 5.82 Å². The van der Waals surface area contributed by atoms with E-state index in [1.807, 2.05) is 0 Å². The van der Waals surface area contributed by atoms with Crippen LogP contribution in [0.25, 0.3) is 0 Å². The van der Waals surface area contributed by atoms with E-state index in [2.05, 4.69) is 10.7 Å². The van der Waals surface area contributed by atoms with Crippen molar-refractivity contribution in [3.8, 4) is 0 Å². The molecule has 0 fully saturated rings. The van der Waals surface area contributed by atoms with Crippen LogP contribution in [0.2, 0.25) is 0 Å². The molecule has 2 rings (SSSR count). The summed E-state index contributed by atoms with van der Waals surface area (Å²) in [6, 6.07) is 5.53. The summed E-state index contributed by atoms with van der Waals surface area (Å²) >= 11 is 0. The van der Waals surface area contributed by atoms with Crippen LogP contribution in [-0.2, 0) is 0 Å². The second-order valence-corrected chi connectivity index (χ2v) is 4.37. The fourth-order valence-electron chi connectivity index (χ4n) is 1.78. The molecule has 0 saturated carbocycles. The minimum Gasteiger partial charge on any atom is -0.324 e. The molecule has 0 aliphatic heterocycles. The number of rotatable bonds is 3. The maximum absolute atomic E-state index is 13.5. The van der Waals surface area contributed by atoms with Crippen LogP contribution in [-0.4, -0.2) is 5.91 Å². The Morgan fingerprint density at radius 2 is 1.67 bits per heavy atom. The van der Waals surface area contributed by atoms with Crippen LogP contribution >= 0.6 is 0 Å². The topological polar surface area (TPSA) is 67.2 Å². The molecular weight excluding hydrogens is 283 g/mol. The largest absolute Gasteiger partial charge is 0.324 e. The lowest BCUT2D eigenvalue weighted by molar-refractivity contribution is 0.102. The van der Waals surface area contributed by atoms with Crippen LogP contribution in [0.1, 0.15) is 15.9 Å². The molecule has 2 aromatic carbocycles. The molecule has 0 heterocycles. The van der Waals surface area contributed by atoms with Crippen LogP contribution in [0.4, 0.5) is 24.5 Å². The number of halogens is 3. The lowest BCUT2D eigenvalue weighted by Gasteiger charge is -2.09. The Bertz CT molecular complexity index is 704. The molecule has 1 amide bonds. The molecule has 0 saturated heterocycles.